The Labute approximate surface area is 191 Å². The summed E-state index contributed by atoms with van der Waals surface area (Å²) >= 11 is 6.05. The van der Waals surface area contributed by atoms with E-state index in [0.29, 0.717) is 21.5 Å². The number of carbonyl (C=O) groups is 2. The molecule has 4 aromatic carbocycles. The van der Waals surface area contributed by atoms with Crippen LogP contribution in [0.25, 0.3) is 10.8 Å². The van der Waals surface area contributed by atoms with Crippen LogP contribution in [0.15, 0.2) is 72.8 Å². The summed E-state index contributed by atoms with van der Waals surface area (Å²) in [5.74, 6) is -1.43. The van der Waals surface area contributed by atoms with Crippen molar-refractivity contribution >= 4 is 56.9 Å². The second-order valence-electron chi connectivity index (χ2n) is 7.40. The van der Waals surface area contributed by atoms with E-state index in [2.05, 4.69) is 5.32 Å². The van der Waals surface area contributed by atoms with Gasteiger partial charge in [-0.2, -0.15) is 0 Å². The maximum absolute atomic E-state index is 13.4. The maximum Gasteiger partial charge on any atom is 0.294 e. The SMILES string of the molecule is O=C1c2cccc3c(Nc4cccc(Cl)c4)c([N+](=O)[O-])cc(c23)C(=O)N1c1cccc(O)c1. The van der Waals surface area contributed by atoms with Gasteiger partial charge < -0.3 is 10.4 Å². The summed E-state index contributed by atoms with van der Waals surface area (Å²) in [6, 6.07) is 18.3. The van der Waals surface area contributed by atoms with Gasteiger partial charge in [0.15, 0.2) is 0 Å². The van der Waals surface area contributed by atoms with Gasteiger partial charge in [0, 0.05) is 39.2 Å². The Balaban J connectivity index is 1.76. The first-order valence-corrected chi connectivity index (χ1v) is 10.2. The molecule has 0 aromatic heterocycles. The number of rotatable bonds is 4. The second kappa shape index (κ2) is 7.61. The predicted octanol–water partition coefficient (Wildman–Crippen LogP) is 5.65. The van der Waals surface area contributed by atoms with Crippen molar-refractivity contribution in [2.75, 3.05) is 10.2 Å². The number of hydrogen-bond acceptors (Lipinski definition) is 6. The van der Waals surface area contributed by atoms with Crippen LogP contribution in [0.4, 0.5) is 22.7 Å². The Kier molecular flexibility index (Phi) is 4.72. The van der Waals surface area contributed by atoms with E-state index in [0.717, 1.165) is 4.90 Å². The first-order valence-electron chi connectivity index (χ1n) is 9.79. The van der Waals surface area contributed by atoms with Crippen molar-refractivity contribution < 1.29 is 19.6 Å². The summed E-state index contributed by atoms with van der Waals surface area (Å²) in [5, 5.41) is 25.9. The minimum atomic E-state index is -0.716. The molecule has 8 nitrogen and oxygen atoms in total. The normalized spacial score (nSPS) is 12.8. The van der Waals surface area contributed by atoms with Gasteiger partial charge in [0.25, 0.3) is 17.5 Å². The van der Waals surface area contributed by atoms with Gasteiger partial charge in [0.05, 0.1) is 16.2 Å². The van der Waals surface area contributed by atoms with Crippen LogP contribution in [-0.4, -0.2) is 21.8 Å². The molecule has 0 saturated heterocycles. The average Bonchev–Trinajstić information content (AvgIpc) is 2.78. The lowest BCUT2D eigenvalue weighted by atomic mass is 9.91. The van der Waals surface area contributed by atoms with Crippen molar-refractivity contribution in [1.82, 2.24) is 0 Å². The van der Waals surface area contributed by atoms with Crippen molar-refractivity contribution in [3.05, 3.63) is 99.1 Å². The van der Waals surface area contributed by atoms with E-state index in [1.165, 1.54) is 30.3 Å². The largest absolute Gasteiger partial charge is 0.508 e. The van der Waals surface area contributed by atoms with E-state index in [1.807, 2.05) is 0 Å². The number of nitro benzene ring substituents is 1. The number of nitrogens with zero attached hydrogens (tertiary/aromatic N) is 2. The summed E-state index contributed by atoms with van der Waals surface area (Å²) in [6.45, 7) is 0. The molecule has 0 saturated carbocycles. The zero-order chi connectivity index (χ0) is 23.3. The monoisotopic (exact) mass is 459 g/mol. The Morgan fingerprint density at radius 1 is 0.909 bits per heavy atom. The van der Waals surface area contributed by atoms with Crippen molar-refractivity contribution in [3.63, 3.8) is 0 Å². The van der Waals surface area contributed by atoms with Crippen LogP contribution in [0.5, 0.6) is 5.75 Å². The lowest BCUT2D eigenvalue weighted by molar-refractivity contribution is -0.383. The Bertz CT molecular complexity index is 1500. The lowest BCUT2D eigenvalue weighted by Gasteiger charge is -2.28. The molecule has 0 spiro atoms. The molecular formula is C24H14ClN3O5. The minimum absolute atomic E-state index is 0.0203. The first kappa shape index (κ1) is 20.5. The van der Waals surface area contributed by atoms with Crippen LogP contribution in [-0.2, 0) is 0 Å². The van der Waals surface area contributed by atoms with Gasteiger partial charge in [-0.25, -0.2) is 4.90 Å². The van der Waals surface area contributed by atoms with Crippen molar-refractivity contribution in [2.24, 2.45) is 0 Å². The van der Waals surface area contributed by atoms with Crippen LogP contribution < -0.4 is 10.2 Å². The zero-order valence-electron chi connectivity index (χ0n) is 16.8. The highest BCUT2D eigenvalue weighted by Crippen LogP contribution is 2.42. The number of phenols is 1. The van der Waals surface area contributed by atoms with Crippen LogP contribution in [0.2, 0.25) is 5.02 Å². The van der Waals surface area contributed by atoms with Gasteiger partial charge in [-0.1, -0.05) is 35.9 Å². The van der Waals surface area contributed by atoms with E-state index >= 15 is 0 Å². The smallest absolute Gasteiger partial charge is 0.294 e. The number of phenolic OH excluding ortho intramolecular Hbond substituents is 1. The van der Waals surface area contributed by atoms with E-state index in [9.17, 15) is 24.8 Å². The summed E-state index contributed by atoms with van der Waals surface area (Å²) in [5.41, 5.74) is 0.737. The molecule has 5 rings (SSSR count). The molecule has 162 valence electrons. The van der Waals surface area contributed by atoms with E-state index < -0.39 is 16.7 Å². The Morgan fingerprint density at radius 3 is 2.36 bits per heavy atom. The third-order valence-electron chi connectivity index (χ3n) is 5.39. The fraction of sp³-hybridized carbons (Fsp3) is 0. The zero-order valence-corrected chi connectivity index (χ0v) is 17.5. The molecule has 0 unspecified atom stereocenters. The number of benzene rings is 4. The molecule has 0 radical (unpaired) electrons. The standard InChI is InChI=1S/C24H14ClN3O5/c25-13-4-1-5-14(10-13)26-22-17-8-3-9-18-21(17)19(12-20(22)28(32)33)24(31)27(23(18)30)15-6-2-7-16(29)11-15/h1-12,26,29H. The number of carbonyl (C=O) groups excluding carboxylic acids is 2. The van der Waals surface area contributed by atoms with Crippen molar-refractivity contribution in [2.45, 2.75) is 0 Å². The van der Waals surface area contributed by atoms with Crippen LogP contribution >= 0.6 is 11.6 Å². The molecule has 0 aliphatic carbocycles. The second-order valence-corrected chi connectivity index (χ2v) is 7.84. The molecule has 0 bridgehead atoms. The molecular weight excluding hydrogens is 446 g/mol. The highest BCUT2D eigenvalue weighted by atomic mass is 35.5. The lowest BCUT2D eigenvalue weighted by Crippen LogP contribution is -2.40. The Hall–Kier alpha value is -4.43. The van der Waals surface area contributed by atoms with Gasteiger partial charge in [0.1, 0.15) is 11.4 Å². The molecule has 1 aliphatic heterocycles. The molecule has 1 aliphatic rings. The van der Waals surface area contributed by atoms with E-state index in [4.69, 9.17) is 11.6 Å². The number of halogens is 1. The number of nitrogens with one attached hydrogen (secondary N) is 1. The molecule has 2 N–H and O–H groups in total. The predicted molar refractivity (Wildman–Crippen MR) is 125 cm³/mol. The Morgan fingerprint density at radius 2 is 1.64 bits per heavy atom. The molecule has 0 atom stereocenters. The topological polar surface area (TPSA) is 113 Å². The first-order chi connectivity index (χ1) is 15.8. The quantitative estimate of drug-likeness (QED) is 0.231. The summed E-state index contributed by atoms with van der Waals surface area (Å²) in [6.07, 6.45) is 0. The number of hydrogen-bond donors (Lipinski definition) is 2. The number of imide groups is 1. The summed E-state index contributed by atoms with van der Waals surface area (Å²) < 4.78 is 0. The van der Waals surface area contributed by atoms with Crippen LogP contribution in [0.1, 0.15) is 20.7 Å². The summed E-state index contributed by atoms with van der Waals surface area (Å²) in [7, 11) is 0. The van der Waals surface area contributed by atoms with Gasteiger partial charge >= 0.3 is 0 Å². The van der Waals surface area contributed by atoms with Gasteiger partial charge in [-0.3, -0.25) is 19.7 Å². The van der Waals surface area contributed by atoms with Crippen LogP contribution in [0.3, 0.4) is 0 Å². The van der Waals surface area contributed by atoms with Crippen molar-refractivity contribution in [3.8, 4) is 5.75 Å². The molecule has 33 heavy (non-hydrogen) atoms. The van der Waals surface area contributed by atoms with Crippen LogP contribution in [0, 0.1) is 10.1 Å². The average molecular weight is 460 g/mol. The summed E-state index contributed by atoms with van der Waals surface area (Å²) in [4.78, 5) is 39.0. The number of aromatic hydroxyl groups is 1. The van der Waals surface area contributed by atoms with Crippen molar-refractivity contribution in [1.29, 1.82) is 0 Å². The fourth-order valence-electron chi connectivity index (χ4n) is 4.00. The highest BCUT2D eigenvalue weighted by Gasteiger charge is 2.37. The molecule has 9 heteroatoms. The third-order valence-corrected chi connectivity index (χ3v) is 5.62. The van der Waals surface area contributed by atoms with Gasteiger partial charge in [-0.05, 0) is 36.4 Å². The molecule has 1 heterocycles. The number of nitro groups is 1. The van der Waals surface area contributed by atoms with E-state index in [1.54, 1.807) is 42.5 Å². The molecule has 0 fully saturated rings. The minimum Gasteiger partial charge on any atom is -0.508 e. The number of amides is 2. The molecule has 4 aromatic rings. The fourth-order valence-corrected chi connectivity index (χ4v) is 4.19. The maximum atomic E-state index is 13.4. The van der Waals surface area contributed by atoms with Gasteiger partial charge in [0.2, 0.25) is 0 Å². The van der Waals surface area contributed by atoms with Gasteiger partial charge in [-0.15, -0.1) is 0 Å². The third kappa shape index (κ3) is 3.33. The molecule has 2 amide bonds. The highest BCUT2D eigenvalue weighted by molar-refractivity contribution is 6.37. The van der Waals surface area contributed by atoms with E-state index in [-0.39, 0.29) is 33.9 Å². The number of anilines is 3.